The summed E-state index contributed by atoms with van der Waals surface area (Å²) in [6, 6.07) is 14.0. The van der Waals surface area contributed by atoms with E-state index >= 15 is 0 Å². The lowest BCUT2D eigenvalue weighted by Gasteiger charge is -2.27. The quantitative estimate of drug-likeness (QED) is 0.897. The maximum atomic E-state index is 6.57. The molecule has 3 rings (SSSR count). The van der Waals surface area contributed by atoms with E-state index in [1.807, 2.05) is 49.4 Å². The Bertz CT molecular complexity index is 638. The Hall–Kier alpha value is -1.52. The highest BCUT2D eigenvalue weighted by atomic mass is 79.9. The van der Waals surface area contributed by atoms with Crippen molar-refractivity contribution in [2.24, 2.45) is 5.73 Å². The Morgan fingerprint density at radius 2 is 1.57 bits per heavy atom. The minimum Gasteiger partial charge on any atom is -0.490 e. The summed E-state index contributed by atoms with van der Waals surface area (Å²) < 4.78 is 12.5. The average Bonchev–Trinajstić information content (AvgIpc) is 2.72. The van der Waals surface area contributed by atoms with Gasteiger partial charge >= 0.3 is 0 Å². The molecule has 1 aliphatic heterocycles. The standard InChI is InChI=1S/C17H18BrNO2/c1-17(19,12-3-6-14(18)7-4-12)13-5-8-15-16(11-13)21-10-2-9-20-15/h3-8,11H,2,9-10,19H2,1H3. The monoisotopic (exact) mass is 347 g/mol. The number of benzene rings is 2. The molecule has 3 nitrogen and oxygen atoms in total. The zero-order valence-electron chi connectivity index (χ0n) is 11.9. The predicted molar refractivity (Wildman–Crippen MR) is 86.8 cm³/mol. The first-order chi connectivity index (χ1) is 10.1. The normalized spacial score (nSPS) is 16.9. The summed E-state index contributed by atoms with van der Waals surface area (Å²) in [5.41, 5.74) is 8.06. The third-order valence-electron chi connectivity index (χ3n) is 3.79. The molecule has 0 fully saturated rings. The van der Waals surface area contributed by atoms with E-state index in [0.29, 0.717) is 13.2 Å². The highest BCUT2D eigenvalue weighted by Gasteiger charge is 2.25. The van der Waals surface area contributed by atoms with E-state index < -0.39 is 5.54 Å². The van der Waals surface area contributed by atoms with Crippen LogP contribution in [0, 0.1) is 0 Å². The van der Waals surface area contributed by atoms with Gasteiger partial charge < -0.3 is 15.2 Å². The highest BCUT2D eigenvalue weighted by molar-refractivity contribution is 9.10. The number of fused-ring (bicyclic) bond motifs is 1. The predicted octanol–water partition coefficient (Wildman–Crippen LogP) is 3.83. The lowest BCUT2D eigenvalue weighted by atomic mass is 9.85. The SMILES string of the molecule is CC(N)(c1ccc(Br)cc1)c1ccc2c(c1)OCCCO2. The summed E-state index contributed by atoms with van der Waals surface area (Å²) in [4.78, 5) is 0. The van der Waals surface area contributed by atoms with Gasteiger partial charge in [0.15, 0.2) is 11.5 Å². The van der Waals surface area contributed by atoms with Crippen LogP contribution in [0.5, 0.6) is 11.5 Å². The zero-order valence-corrected chi connectivity index (χ0v) is 13.5. The van der Waals surface area contributed by atoms with Gasteiger partial charge in [0.25, 0.3) is 0 Å². The third kappa shape index (κ3) is 2.92. The van der Waals surface area contributed by atoms with Gasteiger partial charge in [-0.3, -0.25) is 0 Å². The molecule has 4 heteroatoms. The van der Waals surface area contributed by atoms with E-state index in [9.17, 15) is 0 Å². The fourth-order valence-corrected chi connectivity index (χ4v) is 2.71. The Balaban J connectivity index is 1.98. The molecule has 1 atom stereocenters. The molecule has 21 heavy (non-hydrogen) atoms. The fourth-order valence-electron chi connectivity index (χ4n) is 2.45. The van der Waals surface area contributed by atoms with Gasteiger partial charge in [-0.15, -0.1) is 0 Å². The van der Waals surface area contributed by atoms with Crippen molar-refractivity contribution in [2.75, 3.05) is 13.2 Å². The number of hydrogen-bond acceptors (Lipinski definition) is 3. The van der Waals surface area contributed by atoms with Crippen LogP contribution in [0.4, 0.5) is 0 Å². The maximum Gasteiger partial charge on any atom is 0.161 e. The van der Waals surface area contributed by atoms with Crippen molar-refractivity contribution in [2.45, 2.75) is 18.9 Å². The molecule has 0 spiro atoms. The van der Waals surface area contributed by atoms with Crippen molar-refractivity contribution in [1.82, 2.24) is 0 Å². The molecule has 0 aromatic heterocycles. The van der Waals surface area contributed by atoms with Gasteiger partial charge in [0.1, 0.15) is 0 Å². The van der Waals surface area contributed by atoms with Gasteiger partial charge in [-0.1, -0.05) is 34.1 Å². The largest absolute Gasteiger partial charge is 0.490 e. The van der Waals surface area contributed by atoms with E-state index in [4.69, 9.17) is 15.2 Å². The van der Waals surface area contributed by atoms with E-state index in [1.54, 1.807) is 0 Å². The highest BCUT2D eigenvalue weighted by Crippen LogP contribution is 2.35. The van der Waals surface area contributed by atoms with Gasteiger partial charge in [-0.05, 0) is 42.3 Å². The van der Waals surface area contributed by atoms with E-state index in [2.05, 4.69) is 15.9 Å². The Kier molecular flexibility index (Phi) is 3.91. The first-order valence-electron chi connectivity index (χ1n) is 7.02. The summed E-state index contributed by atoms with van der Waals surface area (Å²) >= 11 is 3.45. The van der Waals surface area contributed by atoms with Gasteiger partial charge in [-0.25, -0.2) is 0 Å². The first-order valence-corrected chi connectivity index (χ1v) is 7.82. The number of ether oxygens (including phenoxy) is 2. The summed E-state index contributed by atoms with van der Waals surface area (Å²) in [7, 11) is 0. The summed E-state index contributed by atoms with van der Waals surface area (Å²) in [5, 5.41) is 0. The van der Waals surface area contributed by atoms with Crippen molar-refractivity contribution in [3.8, 4) is 11.5 Å². The van der Waals surface area contributed by atoms with Crippen LogP contribution >= 0.6 is 15.9 Å². The van der Waals surface area contributed by atoms with Crippen LogP contribution in [-0.2, 0) is 5.54 Å². The van der Waals surface area contributed by atoms with Gasteiger partial charge in [-0.2, -0.15) is 0 Å². The van der Waals surface area contributed by atoms with Crippen LogP contribution in [0.15, 0.2) is 46.9 Å². The molecule has 2 aromatic rings. The van der Waals surface area contributed by atoms with Crippen LogP contribution < -0.4 is 15.2 Å². The first kappa shape index (κ1) is 14.4. The van der Waals surface area contributed by atoms with E-state index in [0.717, 1.165) is 33.5 Å². The Morgan fingerprint density at radius 1 is 0.952 bits per heavy atom. The van der Waals surface area contributed by atoms with Crippen molar-refractivity contribution in [1.29, 1.82) is 0 Å². The van der Waals surface area contributed by atoms with Gasteiger partial charge in [0.2, 0.25) is 0 Å². The van der Waals surface area contributed by atoms with Gasteiger partial charge in [0.05, 0.1) is 18.8 Å². The molecule has 0 saturated carbocycles. The molecule has 0 bridgehead atoms. The second-order valence-electron chi connectivity index (χ2n) is 5.42. The van der Waals surface area contributed by atoms with E-state index in [1.165, 1.54) is 0 Å². The number of halogens is 1. The molecule has 0 amide bonds. The van der Waals surface area contributed by atoms with Crippen molar-refractivity contribution in [3.05, 3.63) is 58.1 Å². The van der Waals surface area contributed by atoms with Crippen molar-refractivity contribution >= 4 is 15.9 Å². The molecule has 1 heterocycles. The Morgan fingerprint density at radius 3 is 2.29 bits per heavy atom. The van der Waals surface area contributed by atoms with Crippen LogP contribution in [0.3, 0.4) is 0 Å². The number of hydrogen-bond donors (Lipinski definition) is 1. The molecular weight excluding hydrogens is 330 g/mol. The zero-order chi connectivity index (χ0) is 14.9. The molecule has 1 aliphatic rings. The maximum absolute atomic E-state index is 6.57. The fraction of sp³-hybridized carbons (Fsp3) is 0.294. The third-order valence-corrected chi connectivity index (χ3v) is 4.32. The molecule has 0 aliphatic carbocycles. The Labute approximate surface area is 133 Å². The topological polar surface area (TPSA) is 44.5 Å². The van der Waals surface area contributed by atoms with Gasteiger partial charge in [0, 0.05) is 10.9 Å². The molecule has 2 aromatic carbocycles. The lowest BCUT2D eigenvalue weighted by Crippen LogP contribution is -2.34. The number of rotatable bonds is 2. The van der Waals surface area contributed by atoms with Crippen LogP contribution in [0.25, 0.3) is 0 Å². The summed E-state index contributed by atoms with van der Waals surface area (Å²) in [6.45, 7) is 3.38. The second kappa shape index (κ2) is 5.70. The summed E-state index contributed by atoms with van der Waals surface area (Å²) in [6.07, 6.45) is 0.899. The molecule has 0 radical (unpaired) electrons. The van der Waals surface area contributed by atoms with Crippen LogP contribution in [0.2, 0.25) is 0 Å². The van der Waals surface area contributed by atoms with E-state index in [-0.39, 0.29) is 0 Å². The summed E-state index contributed by atoms with van der Waals surface area (Å²) in [5.74, 6) is 1.57. The van der Waals surface area contributed by atoms with Crippen LogP contribution in [0.1, 0.15) is 24.5 Å². The number of nitrogens with two attached hydrogens (primary N) is 1. The molecule has 110 valence electrons. The molecular formula is C17H18BrNO2. The van der Waals surface area contributed by atoms with Crippen molar-refractivity contribution < 1.29 is 9.47 Å². The second-order valence-corrected chi connectivity index (χ2v) is 6.34. The molecule has 2 N–H and O–H groups in total. The average molecular weight is 348 g/mol. The molecule has 1 unspecified atom stereocenters. The molecule has 0 saturated heterocycles. The van der Waals surface area contributed by atoms with Crippen molar-refractivity contribution in [3.63, 3.8) is 0 Å². The minimum absolute atomic E-state index is 0.578. The van der Waals surface area contributed by atoms with Crippen LogP contribution in [-0.4, -0.2) is 13.2 Å². The lowest BCUT2D eigenvalue weighted by molar-refractivity contribution is 0.297. The minimum atomic E-state index is -0.578. The smallest absolute Gasteiger partial charge is 0.161 e.